The number of ether oxygens (including phenoxy) is 1. The molecule has 2 unspecified atom stereocenters. The average Bonchev–Trinajstić information content (AvgIpc) is 2.69. The first-order valence-electron chi connectivity index (χ1n) is 9.78. The molecule has 0 saturated heterocycles. The normalized spacial score (nSPS) is 13.3. The number of halogens is 2. The molecule has 0 aliphatic heterocycles. The van der Waals surface area contributed by atoms with Gasteiger partial charge in [0.05, 0.1) is 28.4 Å². The summed E-state index contributed by atoms with van der Waals surface area (Å²) in [4.78, 5) is 0. The van der Waals surface area contributed by atoms with Crippen molar-refractivity contribution in [3.8, 4) is 5.75 Å². The van der Waals surface area contributed by atoms with Crippen LogP contribution in [0.4, 0.5) is 5.69 Å². The summed E-state index contributed by atoms with van der Waals surface area (Å²) in [6.07, 6.45) is 3.78. The van der Waals surface area contributed by atoms with Gasteiger partial charge >= 0.3 is 0 Å². The summed E-state index contributed by atoms with van der Waals surface area (Å²) >= 11 is 12.0. The molecular formula is C22H30Cl2N2O2. The van der Waals surface area contributed by atoms with E-state index in [-0.39, 0.29) is 0 Å². The highest BCUT2D eigenvalue weighted by atomic mass is 35.5. The molecule has 154 valence electrons. The van der Waals surface area contributed by atoms with E-state index in [0.717, 1.165) is 38.2 Å². The van der Waals surface area contributed by atoms with E-state index in [2.05, 4.69) is 12.2 Å². The molecule has 2 aromatic carbocycles. The molecular weight excluding hydrogens is 395 g/mol. The molecule has 0 saturated carbocycles. The van der Waals surface area contributed by atoms with Gasteiger partial charge in [0.25, 0.3) is 0 Å². The van der Waals surface area contributed by atoms with Crippen molar-refractivity contribution < 1.29 is 9.84 Å². The highest BCUT2D eigenvalue weighted by Gasteiger charge is 2.12. The van der Waals surface area contributed by atoms with Gasteiger partial charge in [-0.1, -0.05) is 61.2 Å². The van der Waals surface area contributed by atoms with Gasteiger partial charge in [0, 0.05) is 6.54 Å². The Kier molecular flexibility index (Phi) is 9.93. The van der Waals surface area contributed by atoms with E-state index < -0.39 is 6.10 Å². The summed E-state index contributed by atoms with van der Waals surface area (Å²) in [5, 5.41) is 14.3. The van der Waals surface area contributed by atoms with Crippen LogP contribution in [0.3, 0.4) is 0 Å². The minimum Gasteiger partial charge on any atom is -0.494 e. The van der Waals surface area contributed by atoms with Gasteiger partial charge in [0.15, 0.2) is 0 Å². The molecule has 4 N–H and O–H groups in total. The monoisotopic (exact) mass is 424 g/mol. The Bertz CT molecular complexity index is 690. The third kappa shape index (κ3) is 7.88. The SMILES string of the molecule is CC(CCCCNCC(O)c1cc(Cl)c(N)c(Cl)c1)CCOc1ccccc1. The van der Waals surface area contributed by atoms with Crippen LogP contribution >= 0.6 is 23.2 Å². The van der Waals surface area contributed by atoms with Crippen molar-refractivity contribution in [2.75, 3.05) is 25.4 Å². The molecule has 6 heteroatoms. The van der Waals surface area contributed by atoms with Crippen LogP contribution < -0.4 is 15.8 Å². The van der Waals surface area contributed by atoms with Crippen molar-refractivity contribution in [2.24, 2.45) is 5.92 Å². The molecule has 0 radical (unpaired) electrons. The second kappa shape index (κ2) is 12.2. The van der Waals surface area contributed by atoms with Crippen LogP contribution in [-0.2, 0) is 0 Å². The van der Waals surface area contributed by atoms with Gasteiger partial charge in [-0.15, -0.1) is 0 Å². The number of nitrogens with two attached hydrogens (primary N) is 1. The van der Waals surface area contributed by atoms with Crippen molar-refractivity contribution in [3.05, 3.63) is 58.1 Å². The Morgan fingerprint density at radius 3 is 2.43 bits per heavy atom. The van der Waals surface area contributed by atoms with Crippen molar-refractivity contribution in [1.82, 2.24) is 5.32 Å². The topological polar surface area (TPSA) is 67.5 Å². The van der Waals surface area contributed by atoms with Crippen LogP contribution in [0, 0.1) is 5.92 Å². The summed E-state index contributed by atoms with van der Waals surface area (Å²) in [5.74, 6) is 1.56. The maximum atomic E-state index is 10.3. The second-order valence-electron chi connectivity index (χ2n) is 7.17. The zero-order chi connectivity index (χ0) is 20.4. The fourth-order valence-electron chi connectivity index (χ4n) is 2.93. The molecule has 2 rings (SSSR count). The zero-order valence-electron chi connectivity index (χ0n) is 16.3. The number of unbranched alkanes of at least 4 members (excludes halogenated alkanes) is 1. The fourth-order valence-corrected chi connectivity index (χ4v) is 3.44. The van der Waals surface area contributed by atoms with E-state index >= 15 is 0 Å². The van der Waals surface area contributed by atoms with Gasteiger partial charge in [-0.2, -0.15) is 0 Å². The number of aliphatic hydroxyl groups is 1. The third-order valence-corrected chi connectivity index (χ3v) is 5.37. The third-order valence-electron chi connectivity index (χ3n) is 4.75. The summed E-state index contributed by atoms with van der Waals surface area (Å²) < 4.78 is 5.75. The maximum absolute atomic E-state index is 10.3. The molecule has 28 heavy (non-hydrogen) atoms. The molecule has 4 nitrogen and oxygen atoms in total. The number of hydrogen-bond acceptors (Lipinski definition) is 4. The predicted molar refractivity (Wildman–Crippen MR) is 118 cm³/mol. The lowest BCUT2D eigenvalue weighted by molar-refractivity contribution is 0.174. The van der Waals surface area contributed by atoms with Gasteiger partial charge in [0.1, 0.15) is 5.75 Å². The highest BCUT2D eigenvalue weighted by molar-refractivity contribution is 6.38. The lowest BCUT2D eigenvalue weighted by atomic mass is 10.0. The number of hydrogen-bond donors (Lipinski definition) is 3. The van der Waals surface area contributed by atoms with Crippen LogP contribution in [0.2, 0.25) is 10.0 Å². The average molecular weight is 425 g/mol. The number of rotatable bonds is 12. The fraction of sp³-hybridized carbons (Fsp3) is 0.455. The number of para-hydroxylation sites is 1. The van der Waals surface area contributed by atoms with Crippen LogP contribution in [0.25, 0.3) is 0 Å². The number of benzene rings is 2. The minimum atomic E-state index is -0.662. The predicted octanol–water partition coefficient (Wildman–Crippen LogP) is 5.47. The van der Waals surface area contributed by atoms with E-state index in [1.807, 2.05) is 30.3 Å². The first kappa shape index (κ1) is 22.8. The maximum Gasteiger partial charge on any atom is 0.119 e. The van der Waals surface area contributed by atoms with Crippen molar-refractivity contribution in [2.45, 2.75) is 38.7 Å². The Morgan fingerprint density at radius 2 is 1.75 bits per heavy atom. The molecule has 0 heterocycles. The van der Waals surface area contributed by atoms with Gasteiger partial charge in [0.2, 0.25) is 0 Å². The summed E-state index contributed by atoms with van der Waals surface area (Å²) in [7, 11) is 0. The van der Waals surface area contributed by atoms with Gasteiger partial charge in [-0.05, 0) is 55.1 Å². The lowest BCUT2D eigenvalue weighted by Gasteiger charge is -2.15. The number of anilines is 1. The summed E-state index contributed by atoms with van der Waals surface area (Å²) in [5.41, 5.74) is 6.73. The van der Waals surface area contributed by atoms with E-state index in [1.54, 1.807) is 12.1 Å². The number of nitrogens with one attached hydrogen (secondary N) is 1. The van der Waals surface area contributed by atoms with E-state index in [1.165, 1.54) is 6.42 Å². The standard InChI is InChI=1S/C22H30Cl2N2O2/c1-16(10-12-28-18-8-3-2-4-9-18)7-5-6-11-26-15-21(27)17-13-19(23)22(25)20(24)14-17/h2-4,8-9,13-14,16,21,26-27H,5-7,10-12,15,25H2,1H3. The largest absolute Gasteiger partial charge is 0.494 e. The van der Waals surface area contributed by atoms with Crippen LogP contribution in [0.5, 0.6) is 5.75 Å². The molecule has 0 amide bonds. The number of aliphatic hydroxyl groups excluding tert-OH is 1. The molecule has 0 aromatic heterocycles. The van der Waals surface area contributed by atoms with Crippen LogP contribution in [0.1, 0.15) is 44.3 Å². The first-order chi connectivity index (χ1) is 13.5. The molecule has 2 atom stereocenters. The Morgan fingerprint density at radius 1 is 1.07 bits per heavy atom. The molecule has 0 fully saturated rings. The van der Waals surface area contributed by atoms with Crippen LogP contribution in [-0.4, -0.2) is 24.8 Å². The smallest absolute Gasteiger partial charge is 0.119 e. The Labute approximate surface area is 178 Å². The molecule has 0 bridgehead atoms. The quantitative estimate of drug-likeness (QED) is 0.311. The van der Waals surface area contributed by atoms with E-state index in [0.29, 0.717) is 33.8 Å². The van der Waals surface area contributed by atoms with E-state index in [9.17, 15) is 5.11 Å². The van der Waals surface area contributed by atoms with E-state index in [4.69, 9.17) is 33.7 Å². The molecule has 2 aromatic rings. The first-order valence-corrected chi connectivity index (χ1v) is 10.5. The van der Waals surface area contributed by atoms with Gasteiger partial charge in [-0.3, -0.25) is 0 Å². The molecule has 0 aliphatic carbocycles. The molecule has 0 spiro atoms. The van der Waals surface area contributed by atoms with Crippen molar-refractivity contribution in [3.63, 3.8) is 0 Å². The van der Waals surface area contributed by atoms with Crippen molar-refractivity contribution in [1.29, 1.82) is 0 Å². The second-order valence-corrected chi connectivity index (χ2v) is 7.98. The minimum absolute atomic E-state index is 0.343. The zero-order valence-corrected chi connectivity index (χ0v) is 17.8. The lowest BCUT2D eigenvalue weighted by Crippen LogP contribution is -2.22. The van der Waals surface area contributed by atoms with Gasteiger partial charge in [-0.25, -0.2) is 0 Å². The Hall–Kier alpha value is -1.46. The Balaban J connectivity index is 1.54. The van der Waals surface area contributed by atoms with Crippen molar-refractivity contribution >= 4 is 28.9 Å². The summed E-state index contributed by atoms with van der Waals surface area (Å²) in [6.45, 7) is 4.33. The molecule has 0 aliphatic rings. The highest BCUT2D eigenvalue weighted by Crippen LogP contribution is 2.31. The summed E-state index contributed by atoms with van der Waals surface area (Å²) in [6, 6.07) is 13.2. The number of nitrogen functional groups attached to an aromatic ring is 1. The van der Waals surface area contributed by atoms with Crippen LogP contribution in [0.15, 0.2) is 42.5 Å². The van der Waals surface area contributed by atoms with Gasteiger partial charge < -0.3 is 20.9 Å².